The Morgan fingerprint density at radius 3 is 2.72 bits per heavy atom. The summed E-state index contributed by atoms with van der Waals surface area (Å²) in [7, 11) is 0. The van der Waals surface area contributed by atoms with Gasteiger partial charge in [-0.15, -0.1) is 0 Å². The maximum absolute atomic E-state index is 12.1. The Balaban J connectivity index is 1.33. The van der Waals surface area contributed by atoms with E-state index in [9.17, 15) is 9.90 Å². The minimum Gasteiger partial charge on any atom is -0.478 e. The molecule has 5 heteroatoms. The van der Waals surface area contributed by atoms with E-state index in [1.807, 2.05) is 48.5 Å². The number of rotatable bonds is 6. The van der Waals surface area contributed by atoms with Crippen LogP contribution in [0.25, 0.3) is 0 Å². The third-order valence-electron chi connectivity index (χ3n) is 6.67. The van der Waals surface area contributed by atoms with Crippen molar-refractivity contribution in [1.29, 1.82) is 0 Å². The summed E-state index contributed by atoms with van der Waals surface area (Å²) in [5.74, 6) is 1.98. The van der Waals surface area contributed by atoms with E-state index in [0.29, 0.717) is 35.8 Å². The Labute approximate surface area is 170 Å². The normalized spacial score (nSPS) is 32.1. The van der Waals surface area contributed by atoms with Crippen LogP contribution in [0.3, 0.4) is 0 Å². The third kappa shape index (κ3) is 3.23. The zero-order valence-electron chi connectivity index (χ0n) is 16.5. The summed E-state index contributed by atoms with van der Waals surface area (Å²) in [5, 5.41) is 9.90. The fourth-order valence-corrected chi connectivity index (χ4v) is 5.41. The molecular weight excluding hydrogens is 366 g/mol. The van der Waals surface area contributed by atoms with E-state index >= 15 is 0 Å². The molecule has 5 rings (SSSR count). The number of benzene rings is 1. The van der Waals surface area contributed by atoms with Gasteiger partial charge in [0.05, 0.1) is 12.2 Å². The number of aliphatic carboxylic acids is 1. The van der Waals surface area contributed by atoms with Crippen molar-refractivity contribution in [3.05, 3.63) is 65.9 Å². The molecule has 1 N–H and O–H groups in total. The first-order valence-corrected chi connectivity index (χ1v) is 10.3. The average Bonchev–Trinajstić information content (AvgIpc) is 3.42. The van der Waals surface area contributed by atoms with Crippen molar-refractivity contribution in [2.24, 2.45) is 23.7 Å². The number of carboxylic acid groups (broad SMARTS) is 1. The van der Waals surface area contributed by atoms with Gasteiger partial charge in [0, 0.05) is 12.3 Å². The molecule has 0 radical (unpaired) electrons. The van der Waals surface area contributed by atoms with E-state index in [2.05, 4.69) is 11.9 Å². The molecule has 1 aromatic heterocycles. The molecule has 0 bridgehead atoms. The summed E-state index contributed by atoms with van der Waals surface area (Å²) in [6.45, 7) is 2.46. The quantitative estimate of drug-likeness (QED) is 0.763. The van der Waals surface area contributed by atoms with Gasteiger partial charge in [-0.3, -0.25) is 0 Å². The molecule has 1 aromatic carbocycles. The van der Waals surface area contributed by atoms with Gasteiger partial charge >= 0.3 is 5.97 Å². The van der Waals surface area contributed by atoms with Gasteiger partial charge in [-0.05, 0) is 66.7 Å². The van der Waals surface area contributed by atoms with Crippen LogP contribution in [0, 0.1) is 23.7 Å². The summed E-state index contributed by atoms with van der Waals surface area (Å²) in [6, 6.07) is 13.3. The van der Waals surface area contributed by atoms with Gasteiger partial charge in [0.15, 0.2) is 0 Å². The molecule has 2 fully saturated rings. The highest BCUT2D eigenvalue weighted by Gasteiger charge is 2.67. The van der Waals surface area contributed by atoms with Crippen molar-refractivity contribution in [3.8, 4) is 11.6 Å². The first-order chi connectivity index (χ1) is 14.1. The predicted molar refractivity (Wildman–Crippen MR) is 107 cm³/mol. The lowest BCUT2D eigenvalue weighted by Gasteiger charge is -2.43. The zero-order chi connectivity index (χ0) is 20.0. The van der Waals surface area contributed by atoms with Crippen LogP contribution < -0.4 is 4.74 Å². The number of ether oxygens (including phenoxy) is 2. The number of carbonyl (C=O) groups is 1. The minimum atomic E-state index is -0.834. The molecule has 0 aliphatic heterocycles. The fourth-order valence-electron chi connectivity index (χ4n) is 5.41. The minimum absolute atomic E-state index is 0.288. The second-order valence-corrected chi connectivity index (χ2v) is 8.63. The standard InChI is InChI=1S/C24H25NO4/c1-15-9-18-11-17-12-20(17)24(18,21(10-15)23(26)27)28-14-16-7-8-22(25-13-16)29-19-5-3-2-4-6-19/h2-8,10,13,15,17-18,20H,9,11-12,14H2,1H3,(H,26,27)/t15-,17?,18?,20+,24+/m0/s1. The molecule has 0 spiro atoms. The van der Waals surface area contributed by atoms with E-state index < -0.39 is 11.6 Å². The number of fused-ring (bicyclic) bond motifs is 3. The van der Waals surface area contributed by atoms with Crippen LogP contribution in [0.2, 0.25) is 0 Å². The van der Waals surface area contributed by atoms with Crippen molar-refractivity contribution >= 4 is 5.97 Å². The predicted octanol–water partition coefficient (Wildman–Crippen LogP) is 4.84. The van der Waals surface area contributed by atoms with Crippen molar-refractivity contribution in [3.63, 3.8) is 0 Å². The average molecular weight is 391 g/mol. The highest BCUT2D eigenvalue weighted by Crippen LogP contribution is 2.67. The molecule has 2 saturated carbocycles. The molecule has 0 saturated heterocycles. The van der Waals surface area contributed by atoms with E-state index in [4.69, 9.17) is 9.47 Å². The number of pyridine rings is 1. The first kappa shape index (κ1) is 18.4. The van der Waals surface area contributed by atoms with Crippen molar-refractivity contribution in [1.82, 2.24) is 4.98 Å². The molecule has 2 aromatic rings. The maximum atomic E-state index is 12.1. The SMILES string of the molecule is C[C@@H]1C=C(C(=O)O)[C@@]2(OCc3ccc(Oc4ccccc4)nc3)C(CC3C[C@H]32)C1. The molecule has 1 heterocycles. The van der Waals surface area contributed by atoms with Gasteiger partial charge in [-0.1, -0.05) is 31.2 Å². The molecule has 2 unspecified atom stereocenters. The topological polar surface area (TPSA) is 68.7 Å². The number of aromatic nitrogens is 1. The molecule has 150 valence electrons. The summed E-state index contributed by atoms with van der Waals surface area (Å²) in [4.78, 5) is 16.4. The number of nitrogens with zero attached hydrogens (tertiary/aromatic N) is 1. The number of hydrogen-bond donors (Lipinski definition) is 1. The largest absolute Gasteiger partial charge is 0.478 e. The number of carboxylic acids is 1. The highest BCUT2D eigenvalue weighted by molar-refractivity contribution is 5.90. The Kier molecular flexibility index (Phi) is 4.43. The molecular formula is C24H25NO4. The summed E-state index contributed by atoms with van der Waals surface area (Å²) < 4.78 is 12.2. The number of allylic oxidation sites excluding steroid dienone is 1. The van der Waals surface area contributed by atoms with Gasteiger partial charge in [-0.25, -0.2) is 9.78 Å². The third-order valence-corrected chi connectivity index (χ3v) is 6.67. The van der Waals surface area contributed by atoms with E-state index in [-0.39, 0.29) is 5.92 Å². The van der Waals surface area contributed by atoms with Gasteiger partial charge in [0.2, 0.25) is 5.88 Å². The first-order valence-electron chi connectivity index (χ1n) is 10.3. The summed E-state index contributed by atoms with van der Waals surface area (Å²) in [5.41, 5.74) is 0.761. The Morgan fingerprint density at radius 2 is 2.00 bits per heavy atom. The lowest BCUT2D eigenvalue weighted by molar-refractivity contribution is -0.141. The summed E-state index contributed by atoms with van der Waals surface area (Å²) in [6.07, 6.45) is 6.85. The lowest BCUT2D eigenvalue weighted by Crippen LogP contribution is -2.47. The van der Waals surface area contributed by atoms with Gasteiger partial charge in [-0.2, -0.15) is 0 Å². The van der Waals surface area contributed by atoms with Crippen molar-refractivity contribution in [2.75, 3.05) is 0 Å². The van der Waals surface area contributed by atoms with Crippen LogP contribution in [0.1, 0.15) is 31.7 Å². The molecule has 5 atom stereocenters. The molecule has 0 amide bonds. The van der Waals surface area contributed by atoms with Crippen LogP contribution in [0.15, 0.2) is 60.3 Å². The molecule has 29 heavy (non-hydrogen) atoms. The lowest BCUT2D eigenvalue weighted by atomic mass is 9.70. The van der Waals surface area contributed by atoms with Crippen LogP contribution in [0.5, 0.6) is 11.6 Å². The van der Waals surface area contributed by atoms with E-state index in [1.165, 1.54) is 0 Å². The van der Waals surface area contributed by atoms with Crippen LogP contribution >= 0.6 is 0 Å². The Morgan fingerprint density at radius 1 is 1.17 bits per heavy atom. The smallest absolute Gasteiger partial charge is 0.334 e. The molecule has 3 aliphatic carbocycles. The Hall–Kier alpha value is -2.66. The van der Waals surface area contributed by atoms with Crippen LogP contribution in [-0.2, 0) is 16.1 Å². The molecule has 3 aliphatic rings. The number of hydrogen-bond acceptors (Lipinski definition) is 4. The Bertz CT molecular complexity index is 939. The van der Waals surface area contributed by atoms with Gasteiger partial charge < -0.3 is 14.6 Å². The second kappa shape index (κ2) is 6.99. The second-order valence-electron chi connectivity index (χ2n) is 8.63. The highest BCUT2D eigenvalue weighted by atomic mass is 16.5. The van der Waals surface area contributed by atoms with Gasteiger partial charge in [0.1, 0.15) is 11.4 Å². The number of para-hydroxylation sites is 1. The van der Waals surface area contributed by atoms with E-state index in [0.717, 1.165) is 30.6 Å². The summed E-state index contributed by atoms with van der Waals surface area (Å²) >= 11 is 0. The van der Waals surface area contributed by atoms with Crippen LogP contribution in [-0.4, -0.2) is 21.7 Å². The maximum Gasteiger partial charge on any atom is 0.334 e. The van der Waals surface area contributed by atoms with Crippen LogP contribution in [0.4, 0.5) is 0 Å². The monoisotopic (exact) mass is 391 g/mol. The van der Waals surface area contributed by atoms with Gasteiger partial charge in [0.25, 0.3) is 0 Å². The molecule has 5 nitrogen and oxygen atoms in total. The van der Waals surface area contributed by atoms with Crippen molar-refractivity contribution in [2.45, 2.75) is 38.4 Å². The fraction of sp³-hybridized carbons (Fsp3) is 0.417. The van der Waals surface area contributed by atoms with E-state index in [1.54, 1.807) is 6.20 Å². The van der Waals surface area contributed by atoms with Crippen molar-refractivity contribution < 1.29 is 19.4 Å². The zero-order valence-corrected chi connectivity index (χ0v) is 16.5.